The second-order valence-corrected chi connectivity index (χ2v) is 7.93. The van der Waals surface area contributed by atoms with Crippen LogP contribution in [-0.2, 0) is 16.1 Å². The molecular formula is C24H27N3O2. The molecule has 1 aromatic heterocycles. The Morgan fingerprint density at radius 3 is 2.62 bits per heavy atom. The first kappa shape index (κ1) is 19.4. The number of benzene rings is 1. The van der Waals surface area contributed by atoms with Gasteiger partial charge in [0.1, 0.15) is 6.04 Å². The number of amides is 2. The number of hydrogen-bond acceptors (Lipinski definition) is 3. The number of nitrogens with one attached hydrogen (secondary N) is 1. The summed E-state index contributed by atoms with van der Waals surface area (Å²) in [5, 5.41) is 3.02. The lowest BCUT2D eigenvalue weighted by Crippen LogP contribution is -2.48. The van der Waals surface area contributed by atoms with Crippen LogP contribution in [0.3, 0.4) is 0 Å². The first-order valence-electron chi connectivity index (χ1n) is 10.4. The molecule has 1 N–H and O–H groups in total. The molecule has 1 aromatic carbocycles. The smallest absolute Gasteiger partial charge is 0.247 e. The van der Waals surface area contributed by atoms with Crippen LogP contribution in [0.4, 0.5) is 0 Å². The molecule has 3 atom stereocenters. The molecule has 1 aliphatic heterocycles. The summed E-state index contributed by atoms with van der Waals surface area (Å²) >= 11 is 0. The topological polar surface area (TPSA) is 62.3 Å². The molecular weight excluding hydrogens is 362 g/mol. The lowest BCUT2D eigenvalue weighted by molar-refractivity contribution is -0.137. The van der Waals surface area contributed by atoms with Gasteiger partial charge in [-0.25, -0.2) is 0 Å². The van der Waals surface area contributed by atoms with Crippen LogP contribution in [0, 0.1) is 5.92 Å². The van der Waals surface area contributed by atoms with Gasteiger partial charge in [-0.2, -0.15) is 0 Å². The molecule has 2 heterocycles. The number of hydrogen-bond donors (Lipinski definition) is 1. The monoisotopic (exact) mass is 389 g/mol. The number of pyridine rings is 1. The van der Waals surface area contributed by atoms with E-state index in [1.54, 1.807) is 18.5 Å². The Morgan fingerprint density at radius 2 is 1.83 bits per heavy atom. The van der Waals surface area contributed by atoms with Crippen molar-refractivity contribution in [2.24, 2.45) is 5.92 Å². The van der Waals surface area contributed by atoms with E-state index in [1.807, 2.05) is 53.4 Å². The van der Waals surface area contributed by atoms with Crippen LogP contribution >= 0.6 is 0 Å². The molecule has 5 heteroatoms. The number of likely N-dealkylation sites (tertiary alicyclic amines) is 1. The summed E-state index contributed by atoms with van der Waals surface area (Å²) < 4.78 is 0. The van der Waals surface area contributed by atoms with Crippen molar-refractivity contribution >= 4 is 17.9 Å². The normalized spacial score (nSPS) is 23.7. The van der Waals surface area contributed by atoms with Crippen molar-refractivity contribution in [3.05, 3.63) is 72.1 Å². The zero-order valence-corrected chi connectivity index (χ0v) is 16.5. The molecule has 1 saturated carbocycles. The van der Waals surface area contributed by atoms with Crippen LogP contribution < -0.4 is 5.32 Å². The average molecular weight is 389 g/mol. The summed E-state index contributed by atoms with van der Waals surface area (Å²) in [6.07, 6.45) is 12.1. The average Bonchev–Trinajstić information content (AvgIpc) is 3.17. The van der Waals surface area contributed by atoms with Gasteiger partial charge in [0.2, 0.25) is 11.8 Å². The Bertz CT molecular complexity index is 866. The lowest BCUT2D eigenvalue weighted by Gasteiger charge is -2.33. The van der Waals surface area contributed by atoms with Gasteiger partial charge in [0.05, 0.1) is 0 Å². The van der Waals surface area contributed by atoms with Gasteiger partial charge < -0.3 is 10.2 Å². The largest absolute Gasteiger partial charge is 0.350 e. The molecule has 4 rings (SSSR count). The summed E-state index contributed by atoms with van der Waals surface area (Å²) in [6.45, 7) is 0.453. The molecule has 0 spiro atoms. The molecule has 3 unspecified atom stereocenters. The van der Waals surface area contributed by atoms with Gasteiger partial charge in [0, 0.05) is 31.1 Å². The highest BCUT2D eigenvalue weighted by Crippen LogP contribution is 2.40. The van der Waals surface area contributed by atoms with E-state index in [4.69, 9.17) is 0 Å². The van der Waals surface area contributed by atoms with Gasteiger partial charge >= 0.3 is 0 Å². The number of carbonyl (C=O) groups is 2. The Hall–Kier alpha value is -2.95. The van der Waals surface area contributed by atoms with Crippen molar-refractivity contribution in [1.29, 1.82) is 0 Å². The third kappa shape index (κ3) is 4.56. The SMILES string of the molecule is O=C(NCc1ccncc1)C1CC2CCCCC2N1C(=O)/C=C/c1ccccc1. The maximum absolute atomic E-state index is 13.1. The van der Waals surface area contributed by atoms with Crippen molar-refractivity contribution in [3.63, 3.8) is 0 Å². The predicted octanol–water partition coefficient (Wildman–Crippen LogP) is 3.57. The van der Waals surface area contributed by atoms with Crippen LogP contribution in [0.25, 0.3) is 6.08 Å². The van der Waals surface area contributed by atoms with Gasteiger partial charge in [-0.1, -0.05) is 43.2 Å². The molecule has 1 aliphatic carbocycles. The maximum atomic E-state index is 13.1. The Labute approximate surface area is 171 Å². The van der Waals surface area contributed by atoms with E-state index < -0.39 is 6.04 Å². The number of aromatic nitrogens is 1. The third-order valence-electron chi connectivity index (χ3n) is 6.08. The third-order valence-corrected chi connectivity index (χ3v) is 6.08. The van der Waals surface area contributed by atoms with Crippen LogP contribution in [0.2, 0.25) is 0 Å². The van der Waals surface area contributed by atoms with Crippen molar-refractivity contribution < 1.29 is 9.59 Å². The van der Waals surface area contributed by atoms with E-state index in [2.05, 4.69) is 10.3 Å². The van der Waals surface area contributed by atoms with Crippen molar-refractivity contribution in [2.45, 2.75) is 50.7 Å². The number of rotatable bonds is 5. The molecule has 2 fully saturated rings. The molecule has 2 aromatic rings. The number of carbonyl (C=O) groups excluding carboxylic acids is 2. The maximum Gasteiger partial charge on any atom is 0.247 e. The van der Waals surface area contributed by atoms with E-state index in [0.29, 0.717) is 12.5 Å². The van der Waals surface area contributed by atoms with Crippen molar-refractivity contribution in [2.75, 3.05) is 0 Å². The first-order valence-corrected chi connectivity index (χ1v) is 10.4. The fourth-order valence-corrected chi connectivity index (χ4v) is 4.64. The lowest BCUT2D eigenvalue weighted by atomic mass is 9.84. The van der Waals surface area contributed by atoms with Gasteiger partial charge in [-0.15, -0.1) is 0 Å². The second kappa shape index (κ2) is 9.03. The molecule has 5 nitrogen and oxygen atoms in total. The minimum absolute atomic E-state index is 0.0577. The molecule has 0 bridgehead atoms. The number of fused-ring (bicyclic) bond motifs is 1. The van der Waals surface area contributed by atoms with Crippen molar-refractivity contribution in [3.8, 4) is 0 Å². The van der Waals surface area contributed by atoms with Gasteiger partial charge in [-0.05, 0) is 54.5 Å². The van der Waals surface area contributed by atoms with Gasteiger partial charge in [0.25, 0.3) is 0 Å². The van der Waals surface area contributed by atoms with E-state index in [1.165, 1.54) is 6.42 Å². The molecule has 1 saturated heterocycles. The summed E-state index contributed by atoms with van der Waals surface area (Å²) in [5.41, 5.74) is 1.99. The van der Waals surface area contributed by atoms with Crippen LogP contribution in [0.15, 0.2) is 60.9 Å². The second-order valence-electron chi connectivity index (χ2n) is 7.93. The zero-order valence-electron chi connectivity index (χ0n) is 16.5. The minimum atomic E-state index is -0.391. The Morgan fingerprint density at radius 1 is 1.07 bits per heavy atom. The highest BCUT2D eigenvalue weighted by atomic mass is 16.2. The fraction of sp³-hybridized carbons (Fsp3) is 0.375. The van der Waals surface area contributed by atoms with Crippen LogP contribution in [0.1, 0.15) is 43.2 Å². The predicted molar refractivity (Wildman–Crippen MR) is 113 cm³/mol. The molecule has 2 amide bonds. The van der Waals surface area contributed by atoms with Gasteiger partial charge in [0.15, 0.2) is 0 Å². The van der Waals surface area contributed by atoms with E-state index in [0.717, 1.165) is 36.8 Å². The zero-order chi connectivity index (χ0) is 20.1. The van der Waals surface area contributed by atoms with E-state index in [9.17, 15) is 9.59 Å². The van der Waals surface area contributed by atoms with Crippen molar-refractivity contribution in [1.82, 2.24) is 15.2 Å². The van der Waals surface area contributed by atoms with Gasteiger partial charge in [-0.3, -0.25) is 14.6 Å². The molecule has 2 aliphatic rings. The number of nitrogens with zero attached hydrogens (tertiary/aromatic N) is 2. The first-order chi connectivity index (χ1) is 14.2. The Balaban J connectivity index is 1.48. The molecule has 29 heavy (non-hydrogen) atoms. The van der Waals surface area contributed by atoms with Crippen LogP contribution in [-0.4, -0.2) is 33.8 Å². The minimum Gasteiger partial charge on any atom is -0.350 e. The standard InChI is InChI=1S/C24H27N3O2/c28-23(11-10-18-6-2-1-3-7-18)27-21-9-5-4-8-20(21)16-22(27)24(29)26-17-19-12-14-25-15-13-19/h1-3,6-7,10-15,20-22H,4-5,8-9,16-17H2,(H,26,29)/b11-10+. The summed E-state index contributed by atoms with van der Waals surface area (Å²) in [5.74, 6) is 0.305. The summed E-state index contributed by atoms with van der Waals surface area (Å²) in [4.78, 5) is 32.0. The molecule has 150 valence electrons. The highest BCUT2D eigenvalue weighted by Gasteiger charge is 2.46. The quantitative estimate of drug-likeness (QED) is 0.795. The summed E-state index contributed by atoms with van der Waals surface area (Å²) in [7, 11) is 0. The summed E-state index contributed by atoms with van der Waals surface area (Å²) in [6, 6.07) is 13.4. The Kier molecular flexibility index (Phi) is 6.03. The highest BCUT2D eigenvalue weighted by molar-refractivity contribution is 5.96. The van der Waals surface area contributed by atoms with E-state index in [-0.39, 0.29) is 17.9 Å². The van der Waals surface area contributed by atoms with E-state index >= 15 is 0 Å². The fourth-order valence-electron chi connectivity index (χ4n) is 4.64. The molecule has 0 radical (unpaired) electrons. The van der Waals surface area contributed by atoms with Crippen LogP contribution in [0.5, 0.6) is 0 Å².